The van der Waals surface area contributed by atoms with Gasteiger partial charge in [0.25, 0.3) is 5.56 Å². The second kappa shape index (κ2) is 6.26. The summed E-state index contributed by atoms with van der Waals surface area (Å²) in [6, 6.07) is 9.13. The SMILES string of the molecule is COc1ccc(-c2csc(Cn3ccc(C)cc3=O)n2)cc1N. The molecule has 0 radical (unpaired) electrons. The van der Waals surface area contributed by atoms with Gasteiger partial charge in [0.2, 0.25) is 0 Å². The van der Waals surface area contributed by atoms with Crippen LogP contribution >= 0.6 is 11.3 Å². The summed E-state index contributed by atoms with van der Waals surface area (Å²) in [4.78, 5) is 16.5. The van der Waals surface area contributed by atoms with Gasteiger partial charge in [-0.25, -0.2) is 4.98 Å². The van der Waals surface area contributed by atoms with Crippen LogP contribution in [0.25, 0.3) is 11.3 Å². The van der Waals surface area contributed by atoms with Gasteiger partial charge in [0.1, 0.15) is 10.8 Å². The predicted molar refractivity (Wildman–Crippen MR) is 93.1 cm³/mol. The quantitative estimate of drug-likeness (QED) is 0.748. The second-order valence-electron chi connectivity index (χ2n) is 5.25. The molecule has 0 unspecified atom stereocenters. The summed E-state index contributed by atoms with van der Waals surface area (Å²) in [6.07, 6.45) is 1.80. The minimum Gasteiger partial charge on any atom is -0.495 e. The number of nitrogens with two attached hydrogens (primary N) is 1. The molecule has 3 aromatic rings. The van der Waals surface area contributed by atoms with Gasteiger partial charge < -0.3 is 15.0 Å². The number of hydrogen-bond donors (Lipinski definition) is 1. The zero-order chi connectivity index (χ0) is 16.4. The topological polar surface area (TPSA) is 70.1 Å². The number of thiazole rings is 1. The standard InChI is InChI=1S/C17H17N3O2S/c1-11-5-6-20(17(21)7-11)9-16-19-14(10-23-16)12-3-4-15(22-2)13(18)8-12/h3-8,10H,9,18H2,1-2H3. The lowest BCUT2D eigenvalue weighted by molar-refractivity contribution is 0.417. The number of methoxy groups -OCH3 is 1. The number of anilines is 1. The highest BCUT2D eigenvalue weighted by molar-refractivity contribution is 7.09. The number of rotatable bonds is 4. The van der Waals surface area contributed by atoms with E-state index in [0.29, 0.717) is 18.0 Å². The molecule has 118 valence electrons. The molecule has 0 aliphatic rings. The molecule has 0 saturated carbocycles. The summed E-state index contributed by atoms with van der Waals surface area (Å²) in [6.45, 7) is 2.37. The fourth-order valence-corrected chi connectivity index (χ4v) is 3.09. The molecular formula is C17H17N3O2S. The summed E-state index contributed by atoms with van der Waals surface area (Å²) in [7, 11) is 1.59. The van der Waals surface area contributed by atoms with Crippen molar-refractivity contribution in [2.75, 3.05) is 12.8 Å². The third-order valence-electron chi connectivity index (χ3n) is 3.53. The van der Waals surface area contributed by atoms with Gasteiger partial charge in [-0.3, -0.25) is 4.79 Å². The van der Waals surface area contributed by atoms with E-state index in [1.165, 1.54) is 11.3 Å². The van der Waals surface area contributed by atoms with Crippen LogP contribution in [0.3, 0.4) is 0 Å². The highest BCUT2D eigenvalue weighted by Gasteiger charge is 2.08. The van der Waals surface area contributed by atoms with Gasteiger partial charge >= 0.3 is 0 Å². The van der Waals surface area contributed by atoms with Crippen molar-refractivity contribution in [2.24, 2.45) is 0 Å². The first-order valence-corrected chi connectivity index (χ1v) is 8.00. The lowest BCUT2D eigenvalue weighted by atomic mass is 10.1. The van der Waals surface area contributed by atoms with Gasteiger partial charge in [-0.1, -0.05) is 0 Å². The lowest BCUT2D eigenvalue weighted by Crippen LogP contribution is -2.19. The predicted octanol–water partition coefficient (Wildman–Crippen LogP) is 2.92. The van der Waals surface area contributed by atoms with Crippen LogP contribution in [0.4, 0.5) is 5.69 Å². The van der Waals surface area contributed by atoms with Gasteiger partial charge in [-0.05, 0) is 36.8 Å². The number of hydrogen-bond acceptors (Lipinski definition) is 5. The van der Waals surface area contributed by atoms with Crippen molar-refractivity contribution in [3.05, 3.63) is 62.8 Å². The van der Waals surface area contributed by atoms with Gasteiger partial charge in [-0.15, -0.1) is 11.3 Å². The molecule has 0 fully saturated rings. The maximum Gasteiger partial charge on any atom is 0.251 e. The first-order chi connectivity index (χ1) is 11.1. The van der Waals surface area contributed by atoms with Crippen molar-refractivity contribution >= 4 is 17.0 Å². The average Bonchev–Trinajstić information content (AvgIpc) is 2.98. The monoisotopic (exact) mass is 327 g/mol. The van der Waals surface area contributed by atoms with Gasteiger partial charge in [0, 0.05) is 23.2 Å². The van der Waals surface area contributed by atoms with E-state index in [9.17, 15) is 4.79 Å². The Bertz CT molecular complexity index is 899. The molecule has 0 atom stereocenters. The molecule has 2 N–H and O–H groups in total. The molecule has 0 saturated heterocycles. The highest BCUT2D eigenvalue weighted by atomic mass is 32.1. The summed E-state index contributed by atoms with van der Waals surface area (Å²) < 4.78 is 6.81. The Morgan fingerprint density at radius 1 is 1.30 bits per heavy atom. The smallest absolute Gasteiger partial charge is 0.251 e. The molecule has 0 aliphatic carbocycles. The fraction of sp³-hybridized carbons (Fsp3) is 0.176. The van der Waals surface area contributed by atoms with E-state index in [4.69, 9.17) is 10.5 Å². The molecule has 5 nitrogen and oxygen atoms in total. The van der Waals surface area contributed by atoms with Crippen LogP contribution in [-0.2, 0) is 6.54 Å². The van der Waals surface area contributed by atoms with E-state index in [1.807, 2.05) is 36.6 Å². The van der Waals surface area contributed by atoms with Crippen molar-refractivity contribution in [3.8, 4) is 17.0 Å². The molecule has 2 heterocycles. The van der Waals surface area contributed by atoms with Gasteiger partial charge in [-0.2, -0.15) is 0 Å². The number of aromatic nitrogens is 2. The van der Waals surface area contributed by atoms with Crippen LogP contribution in [0.2, 0.25) is 0 Å². The van der Waals surface area contributed by atoms with Crippen LogP contribution in [0.1, 0.15) is 10.6 Å². The van der Waals surface area contributed by atoms with Crippen molar-refractivity contribution in [1.29, 1.82) is 0 Å². The molecule has 0 bridgehead atoms. The van der Waals surface area contributed by atoms with E-state index in [-0.39, 0.29) is 5.56 Å². The number of nitrogen functional groups attached to an aromatic ring is 1. The first-order valence-electron chi connectivity index (χ1n) is 7.12. The van der Waals surface area contributed by atoms with E-state index in [2.05, 4.69) is 4.98 Å². The zero-order valence-electron chi connectivity index (χ0n) is 12.9. The van der Waals surface area contributed by atoms with Crippen LogP contribution in [0.5, 0.6) is 5.75 Å². The normalized spacial score (nSPS) is 10.7. The summed E-state index contributed by atoms with van der Waals surface area (Å²) >= 11 is 1.53. The zero-order valence-corrected chi connectivity index (χ0v) is 13.8. The van der Waals surface area contributed by atoms with Crippen LogP contribution in [0.15, 0.2) is 46.7 Å². The van der Waals surface area contributed by atoms with Crippen LogP contribution < -0.4 is 16.0 Å². The Morgan fingerprint density at radius 2 is 2.13 bits per heavy atom. The van der Waals surface area contributed by atoms with Crippen molar-refractivity contribution in [3.63, 3.8) is 0 Å². The van der Waals surface area contributed by atoms with E-state index >= 15 is 0 Å². The molecule has 0 amide bonds. The Morgan fingerprint density at radius 3 is 2.83 bits per heavy atom. The maximum atomic E-state index is 11.9. The summed E-state index contributed by atoms with van der Waals surface area (Å²) in [5.74, 6) is 0.649. The highest BCUT2D eigenvalue weighted by Crippen LogP contribution is 2.29. The number of benzene rings is 1. The third kappa shape index (κ3) is 3.27. The molecule has 2 aromatic heterocycles. The number of nitrogens with zero attached hydrogens (tertiary/aromatic N) is 2. The molecule has 0 aliphatic heterocycles. The van der Waals surface area contributed by atoms with Crippen molar-refractivity contribution in [1.82, 2.24) is 9.55 Å². The number of ether oxygens (including phenoxy) is 1. The Balaban J connectivity index is 1.85. The lowest BCUT2D eigenvalue weighted by Gasteiger charge is -2.05. The van der Waals surface area contributed by atoms with Crippen LogP contribution in [0, 0.1) is 6.92 Å². The third-order valence-corrected chi connectivity index (χ3v) is 4.37. The van der Waals surface area contributed by atoms with E-state index in [1.54, 1.807) is 23.9 Å². The largest absolute Gasteiger partial charge is 0.495 e. The van der Waals surface area contributed by atoms with Gasteiger partial charge in [0.15, 0.2) is 0 Å². The molecule has 0 spiro atoms. The van der Waals surface area contributed by atoms with Crippen molar-refractivity contribution < 1.29 is 4.74 Å². The van der Waals surface area contributed by atoms with E-state index in [0.717, 1.165) is 21.8 Å². The number of aryl methyl sites for hydroxylation is 1. The molecule has 6 heteroatoms. The Hall–Kier alpha value is -2.60. The van der Waals surface area contributed by atoms with Crippen LogP contribution in [-0.4, -0.2) is 16.7 Å². The van der Waals surface area contributed by atoms with Crippen molar-refractivity contribution in [2.45, 2.75) is 13.5 Å². The fourth-order valence-electron chi connectivity index (χ4n) is 2.29. The Kier molecular flexibility index (Phi) is 4.16. The molecule has 3 rings (SSSR count). The Labute approximate surface area is 138 Å². The molecule has 23 heavy (non-hydrogen) atoms. The minimum absolute atomic E-state index is 0.0181. The molecule has 1 aromatic carbocycles. The summed E-state index contributed by atoms with van der Waals surface area (Å²) in [5, 5.41) is 2.84. The number of pyridine rings is 1. The average molecular weight is 327 g/mol. The first kappa shape index (κ1) is 15.3. The van der Waals surface area contributed by atoms with E-state index < -0.39 is 0 Å². The maximum absolute atomic E-state index is 11.9. The minimum atomic E-state index is -0.0181. The second-order valence-corrected chi connectivity index (χ2v) is 6.20. The molecular weight excluding hydrogens is 310 g/mol. The van der Waals surface area contributed by atoms with Gasteiger partial charge in [0.05, 0.1) is 25.0 Å². The summed E-state index contributed by atoms with van der Waals surface area (Å²) in [5.41, 5.74) is 9.24.